The van der Waals surface area contributed by atoms with E-state index in [1.807, 2.05) is 24.7 Å². The number of anilines is 1. The lowest BCUT2D eigenvalue weighted by Crippen LogP contribution is -2.30. The summed E-state index contributed by atoms with van der Waals surface area (Å²) in [4.78, 5) is 22.1. The van der Waals surface area contributed by atoms with Gasteiger partial charge in [-0.05, 0) is 48.0 Å². The molecule has 26 heavy (non-hydrogen) atoms. The summed E-state index contributed by atoms with van der Waals surface area (Å²) in [5.74, 6) is 1.07. The van der Waals surface area contributed by atoms with Crippen LogP contribution in [-0.4, -0.2) is 26.5 Å². The van der Waals surface area contributed by atoms with Gasteiger partial charge in [0.25, 0.3) is 5.91 Å². The molecule has 0 aliphatic heterocycles. The number of halogens is 2. The fourth-order valence-corrected chi connectivity index (χ4v) is 4.05. The molecule has 2 aromatic heterocycles. The zero-order valence-electron chi connectivity index (χ0n) is 14.3. The van der Waals surface area contributed by atoms with Crippen LogP contribution in [-0.2, 0) is 11.8 Å². The van der Waals surface area contributed by atoms with Crippen LogP contribution in [0.25, 0.3) is 10.7 Å². The van der Waals surface area contributed by atoms with E-state index < -0.39 is 6.10 Å². The molecule has 1 atom stereocenters. The van der Waals surface area contributed by atoms with Crippen molar-refractivity contribution in [3.05, 3.63) is 45.8 Å². The van der Waals surface area contributed by atoms with Crippen molar-refractivity contribution in [2.45, 2.75) is 20.0 Å². The van der Waals surface area contributed by atoms with Gasteiger partial charge >= 0.3 is 0 Å². The van der Waals surface area contributed by atoms with Crippen LogP contribution in [0.15, 0.2) is 35.1 Å². The molecule has 0 saturated heterocycles. The van der Waals surface area contributed by atoms with Gasteiger partial charge in [-0.25, -0.2) is 9.97 Å². The van der Waals surface area contributed by atoms with Crippen molar-refractivity contribution in [2.24, 2.45) is 7.05 Å². The predicted molar refractivity (Wildman–Crippen MR) is 107 cm³/mol. The number of nitrogens with one attached hydrogen (secondary N) is 1. The third-order valence-corrected chi connectivity index (χ3v) is 5.54. The Kier molecular flexibility index (Phi) is 5.64. The summed E-state index contributed by atoms with van der Waals surface area (Å²) in [6.45, 7) is 3.57. The van der Waals surface area contributed by atoms with Gasteiger partial charge in [-0.3, -0.25) is 10.1 Å². The molecule has 3 rings (SSSR count). The predicted octanol–water partition coefficient (Wildman–Crippen LogP) is 4.67. The molecule has 0 saturated carbocycles. The van der Waals surface area contributed by atoms with Crippen molar-refractivity contribution < 1.29 is 9.53 Å². The molecule has 3 aromatic rings. The highest BCUT2D eigenvalue weighted by Gasteiger charge is 2.20. The van der Waals surface area contributed by atoms with Crippen LogP contribution in [0, 0.1) is 6.92 Å². The van der Waals surface area contributed by atoms with Crippen LogP contribution in [0.5, 0.6) is 5.75 Å². The minimum absolute atomic E-state index is 0.285. The number of carbonyl (C=O) groups is 1. The Bertz CT molecular complexity index is 956. The lowest BCUT2D eigenvalue weighted by molar-refractivity contribution is -0.122. The second-order valence-corrected chi connectivity index (χ2v) is 7.91. The molecule has 1 N–H and O–H groups in total. The highest BCUT2D eigenvalue weighted by molar-refractivity contribution is 9.10. The number of aromatic nitrogens is 3. The molecule has 2 heterocycles. The van der Waals surface area contributed by atoms with Gasteiger partial charge in [0.05, 0.1) is 15.0 Å². The number of carbonyl (C=O) groups excluding carboxylic acids is 1. The summed E-state index contributed by atoms with van der Waals surface area (Å²) in [7, 11) is 1.92. The smallest absolute Gasteiger partial charge is 0.266 e. The largest absolute Gasteiger partial charge is 0.480 e. The van der Waals surface area contributed by atoms with Gasteiger partial charge in [0, 0.05) is 24.5 Å². The molecule has 0 aliphatic carbocycles. The monoisotopic (exact) mass is 454 g/mol. The highest BCUT2D eigenvalue weighted by atomic mass is 79.9. The second-order valence-electron chi connectivity index (χ2n) is 5.62. The maximum atomic E-state index is 12.4. The summed E-state index contributed by atoms with van der Waals surface area (Å²) in [5.41, 5.74) is 0.814. The quantitative estimate of drug-likeness (QED) is 0.607. The molecule has 0 radical (unpaired) electrons. The van der Waals surface area contributed by atoms with Gasteiger partial charge in [0.2, 0.25) is 0 Å². The number of benzene rings is 1. The summed E-state index contributed by atoms with van der Waals surface area (Å²) in [6.07, 6.45) is 2.90. The van der Waals surface area contributed by atoms with Crippen molar-refractivity contribution >= 4 is 49.9 Å². The molecule has 1 aromatic carbocycles. The molecule has 0 spiro atoms. The van der Waals surface area contributed by atoms with E-state index in [1.54, 1.807) is 31.3 Å². The molecule has 0 bridgehead atoms. The van der Waals surface area contributed by atoms with E-state index in [2.05, 4.69) is 31.2 Å². The lowest BCUT2D eigenvalue weighted by Gasteiger charge is -2.15. The topological polar surface area (TPSA) is 69.0 Å². The van der Waals surface area contributed by atoms with Crippen LogP contribution < -0.4 is 10.1 Å². The number of hydrogen-bond acceptors (Lipinski definition) is 5. The minimum Gasteiger partial charge on any atom is -0.480 e. The first kappa shape index (κ1) is 18.9. The minimum atomic E-state index is -0.701. The van der Waals surface area contributed by atoms with Crippen molar-refractivity contribution in [3.63, 3.8) is 0 Å². The van der Waals surface area contributed by atoms with Gasteiger partial charge < -0.3 is 9.30 Å². The van der Waals surface area contributed by atoms with Gasteiger partial charge in [-0.15, -0.1) is 0 Å². The molecule has 9 heteroatoms. The van der Waals surface area contributed by atoms with Crippen LogP contribution in [0.1, 0.15) is 12.6 Å². The summed E-state index contributed by atoms with van der Waals surface area (Å²) in [6, 6.07) is 5.13. The summed E-state index contributed by atoms with van der Waals surface area (Å²) in [5, 5.41) is 3.90. The first-order chi connectivity index (χ1) is 12.3. The number of rotatable bonds is 5. The van der Waals surface area contributed by atoms with Crippen LogP contribution in [0.3, 0.4) is 0 Å². The lowest BCUT2D eigenvalue weighted by atomic mass is 10.3. The first-order valence-corrected chi connectivity index (χ1v) is 9.71. The van der Waals surface area contributed by atoms with Gasteiger partial charge in [-0.2, -0.15) is 0 Å². The van der Waals surface area contributed by atoms with E-state index in [-0.39, 0.29) is 5.91 Å². The molecule has 1 amide bonds. The van der Waals surface area contributed by atoms with E-state index in [0.717, 1.165) is 16.4 Å². The number of nitrogens with zero attached hydrogens (tertiary/aromatic N) is 3. The van der Waals surface area contributed by atoms with Crippen LogP contribution >= 0.6 is 38.9 Å². The Morgan fingerprint density at radius 1 is 1.46 bits per heavy atom. The zero-order chi connectivity index (χ0) is 18.8. The van der Waals surface area contributed by atoms with Crippen LogP contribution in [0.2, 0.25) is 5.02 Å². The summed E-state index contributed by atoms with van der Waals surface area (Å²) >= 11 is 10.7. The maximum absolute atomic E-state index is 12.4. The molecule has 1 unspecified atom stereocenters. The molecule has 0 aliphatic rings. The van der Waals surface area contributed by atoms with E-state index in [9.17, 15) is 4.79 Å². The number of aryl methyl sites for hydroxylation is 2. The Balaban J connectivity index is 1.71. The van der Waals surface area contributed by atoms with Gasteiger partial charge in [0.15, 0.2) is 17.1 Å². The zero-order valence-corrected chi connectivity index (χ0v) is 17.4. The van der Waals surface area contributed by atoms with Crippen molar-refractivity contribution in [2.75, 3.05) is 5.32 Å². The molecular formula is C17H16BrClN4O2S. The maximum Gasteiger partial charge on any atom is 0.266 e. The summed E-state index contributed by atoms with van der Waals surface area (Å²) < 4.78 is 8.30. The Labute approximate surface area is 168 Å². The number of thiazole rings is 1. The Hall–Kier alpha value is -1.90. The molecule has 6 nitrogen and oxygen atoms in total. The normalized spacial score (nSPS) is 12.0. The SMILES string of the molecule is Cc1nc(NC(=O)C(C)Oc2ccc(Cl)cc2Br)sc1-c1nccn1C. The third kappa shape index (κ3) is 4.08. The number of imidazole rings is 1. The molecule has 0 fully saturated rings. The first-order valence-electron chi connectivity index (χ1n) is 7.73. The van der Waals surface area contributed by atoms with Crippen molar-refractivity contribution in [1.82, 2.24) is 14.5 Å². The Morgan fingerprint density at radius 3 is 2.88 bits per heavy atom. The molecule has 136 valence electrons. The van der Waals surface area contributed by atoms with E-state index in [4.69, 9.17) is 16.3 Å². The fourth-order valence-electron chi connectivity index (χ4n) is 2.26. The highest BCUT2D eigenvalue weighted by Crippen LogP contribution is 2.32. The van der Waals surface area contributed by atoms with Crippen molar-refractivity contribution in [1.29, 1.82) is 0 Å². The van der Waals surface area contributed by atoms with E-state index >= 15 is 0 Å². The van der Waals surface area contributed by atoms with E-state index in [1.165, 1.54) is 11.3 Å². The average Bonchev–Trinajstić information content (AvgIpc) is 3.15. The third-order valence-electron chi connectivity index (χ3n) is 3.62. The van der Waals surface area contributed by atoms with Gasteiger partial charge in [0.1, 0.15) is 5.75 Å². The van der Waals surface area contributed by atoms with E-state index in [0.29, 0.717) is 20.4 Å². The molecular weight excluding hydrogens is 440 g/mol. The fraction of sp³-hybridized carbons (Fsp3) is 0.235. The number of hydrogen-bond donors (Lipinski definition) is 1. The average molecular weight is 456 g/mol. The van der Waals surface area contributed by atoms with Crippen molar-refractivity contribution in [3.8, 4) is 16.5 Å². The Morgan fingerprint density at radius 2 is 2.23 bits per heavy atom. The van der Waals surface area contributed by atoms with Gasteiger partial charge in [-0.1, -0.05) is 22.9 Å². The van der Waals surface area contributed by atoms with Crippen LogP contribution in [0.4, 0.5) is 5.13 Å². The number of ether oxygens (including phenoxy) is 1. The standard InChI is InChI=1S/C17H16BrClN4O2S/c1-9-14(15-20-6-7-23(15)3)26-17(21-9)22-16(24)10(2)25-13-5-4-11(19)8-12(13)18/h4-8,10H,1-3H3,(H,21,22,24). The number of amides is 1. The second kappa shape index (κ2) is 7.77.